The van der Waals surface area contributed by atoms with Gasteiger partial charge >= 0.3 is 5.97 Å². The lowest BCUT2D eigenvalue weighted by Gasteiger charge is -2.11. The highest BCUT2D eigenvalue weighted by atomic mass is 32.2. The molecule has 0 saturated carbocycles. The molecule has 500 valence electrons. The quantitative estimate of drug-likeness (QED) is 0.00749. The van der Waals surface area contributed by atoms with Crippen LogP contribution in [0.5, 0.6) is 0 Å². The number of nitrogens with one attached hydrogen (secondary N) is 4. The SMILES string of the molecule is C#CCCC(=O)Nc1ccc(CCO)cc1.C#CCCC(=O)Nc1ccc(CCOC)cc1.C#CCCC(=O)Nc1ccc(CCON)cc1.C#CCCC(=O)Nc1ccc(CCOS(C)(=O)=O)cc1.C#CCCC(=O)ON1C(=O)CCC1=O.Nc1ccc(CCO)cc1. The van der Waals surface area contributed by atoms with E-state index in [-0.39, 0.29) is 69.1 Å². The molecule has 0 unspecified atom stereocenters. The molecule has 0 aliphatic carbocycles. The minimum atomic E-state index is -3.40. The third-order valence-electron chi connectivity index (χ3n) is 12.2. The number of hydrogen-bond acceptors (Lipinski definition) is 17. The zero-order valence-corrected chi connectivity index (χ0v) is 54.0. The smallest absolute Gasteiger partial charge is 0.334 e. The minimum absolute atomic E-state index is 0.00750. The zero-order chi connectivity index (χ0) is 69.8. The first-order chi connectivity index (χ1) is 45.1. The summed E-state index contributed by atoms with van der Waals surface area (Å²) in [5, 5.41) is 28.8. The van der Waals surface area contributed by atoms with Crippen LogP contribution in [0.2, 0.25) is 0 Å². The van der Waals surface area contributed by atoms with Gasteiger partial charge in [-0.2, -0.15) is 8.42 Å². The number of anilines is 5. The van der Waals surface area contributed by atoms with Crippen molar-refractivity contribution in [2.24, 2.45) is 5.90 Å². The molecule has 5 aromatic rings. The van der Waals surface area contributed by atoms with E-state index >= 15 is 0 Å². The van der Waals surface area contributed by atoms with Gasteiger partial charge in [-0.15, -0.1) is 66.8 Å². The lowest BCUT2D eigenvalue weighted by atomic mass is 10.1. The number of terminal acetylenes is 5. The van der Waals surface area contributed by atoms with Gasteiger partial charge in [0, 0.05) is 119 Å². The van der Waals surface area contributed by atoms with E-state index in [4.69, 9.17) is 58.7 Å². The first kappa shape index (κ1) is 81.9. The van der Waals surface area contributed by atoms with E-state index < -0.39 is 27.9 Å². The average molecular weight is 1310 g/mol. The number of nitrogens with zero attached hydrogens (tertiary/aromatic N) is 1. The number of aliphatic hydroxyl groups is 2. The van der Waals surface area contributed by atoms with E-state index in [9.17, 15) is 42.0 Å². The normalized spacial score (nSPS) is 10.7. The summed E-state index contributed by atoms with van der Waals surface area (Å²) in [7, 11) is -1.72. The van der Waals surface area contributed by atoms with Crippen molar-refractivity contribution in [2.75, 3.05) is 73.4 Å². The largest absolute Gasteiger partial charge is 0.399 e. The third-order valence-corrected chi connectivity index (χ3v) is 12.8. The van der Waals surface area contributed by atoms with Gasteiger partial charge in [-0.3, -0.25) is 33.0 Å². The maximum Gasteiger partial charge on any atom is 0.334 e. The monoisotopic (exact) mass is 1310 g/mol. The second-order valence-corrected chi connectivity index (χ2v) is 21.5. The summed E-state index contributed by atoms with van der Waals surface area (Å²) in [6.07, 6.45) is 33.3. The van der Waals surface area contributed by atoms with E-state index in [1.807, 2.05) is 109 Å². The Labute approximate surface area is 552 Å². The van der Waals surface area contributed by atoms with Gasteiger partial charge in [-0.25, -0.2) is 10.7 Å². The molecule has 0 spiro atoms. The van der Waals surface area contributed by atoms with Gasteiger partial charge in [0.2, 0.25) is 23.6 Å². The number of hydroxylamine groups is 2. The van der Waals surface area contributed by atoms with Crippen molar-refractivity contribution in [1.29, 1.82) is 0 Å². The van der Waals surface area contributed by atoms with Crippen molar-refractivity contribution in [2.45, 2.75) is 109 Å². The first-order valence-electron chi connectivity index (χ1n) is 29.7. The van der Waals surface area contributed by atoms with Gasteiger partial charge in [-0.1, -0.05) is 60.7 Å². The maximum absolute atomic E-state index is 11.4. The van der Waals surface area contributed by atoms with Gasteiger partial charge in [0.05, 0.1) is 32.5 Å². The number of benzene rings is 5. The second-order valence-electron chi connectivity index (χ2n) is 19.9. The zero-order valence-electron chi connectivity index (χ0n) is 53.2. The topological polar surface area (TPSA) is 334 Å². The summed E-state index contributed by atoms with van der Waals surface area (Å²) in [5.41, 5.74) is 14.6. The van der Waals surface area contributed by atoms with Crippen LogP contribution in [0.3, 0.4) is 0 Å². The van der Waals surface area contributed by atoms with Crippen LogP contribution in [0, 0.1) is 61.7 Å². The summed E-state index contributed by atoms with van der Waals surface area (Å²) in [5.74, 6) is 15.0. The van der Waals surface area contributed by atoms with Crippen LogP contribution in [0.1, 0.15) is 105 Å². The average Bonchev–Trinajstić information content (AvgIpc) is 2.39. The third kappa shape index (κ3) is 41.3. The fourth-order valence-electron chi connectivity index (χ4n) is 7.29. The number of carbonyl (C=O) groups is 7. The summed E-state index contributed by atoms with van der Waals surface area (Å²) in [4.78, 5) is 87.5. The number of nitrogen functional groups attached to an aromatic ring is 1. The van der Waals surface area contributed by atoms with Gasteiger partial charge in [0.1, 0.15) is 0 Å². The van der Waals surface area contributed by atoms with Crippen LogP contribution in [-0.4, -0.2) is 112 Å². The number of aliphatic hydroxyl groups excluding tert-OH is 2. The van der Waals surface area contributed by atoms with Crippen LogP contribution < -0.4 is 32.9 Å². The highest BCUT2D eigenvalue weighted by Crippen LogP contribution is 2.16. The van der Waals surface area contributed by atoms with E-state index in [0.29, 0.717) is 94.6 Å². The first-order valence-corrected chi connectivity index (χ1v) is 31.5. The number of ether oxygens (including phenoxy) is 1. The Bertz CT molecular complexity index is 3320. The molecule has 1 fully saturated rings. The van der Waals surface area contributed by atoms with E-state index in [1.54, 1.807) is 19.2 Å². The van der Waals surface area contributed by atoms with Crippen molar-refractivity contribution in [3.05, 3.63) is 149 Å². The van der Waals surface area contributed by atoms with Crippen LogP contribution in [-0.2, 0) is 94.4 Å². The molecule has 1 heterocycles. The van der Waals surface area contributed by atoms with Crippen LogP contribution in [0.25, 0.3) is 0 Å². The Kier molecular flexibility index (Phi) is 44.0. The molecule has 94 heavy (non-hydrogen) atoms. The molecule has 0 radical (unpaired) electrons. The van der Waals surface area contributed by atoms with E-state index in [0.717, 1.165) is 64.1 Å². The van der Waals surface area contributed by atoms with Crippen molar-refractivity contribution in [1.82, 2.24) is 5.06 Å². The summed E-state index contributed by atoms with van der Waals surface area (Å²) >= 11 is 0. The number of imide groups is 1. The lowest BCUT2D eigenvalue weighted by molar-refractivity contribution is -0.197. The highest BCUT2D eigenvalue weighted by Gasteiger charge is 2.32. The molecule has 6 amide bonds. The van der Waals surface area contributed by atoms with Crippen molar-refractivity contribution in [3.8, 4) is 61.7 Å². The molecule has 0 aromatic heterocycles. The van der Waals surface area contributed by atoms with Crippen LogP contribution >= 0.6 is 0 Å². The number of amides is 6. The van der Waals surface area contributed by atoms with E-state index in [1.165, 1.54) is 5.56 Å². The second kappa shape index (κ2) is 50.5. The molecule has 1 aliphatic rings. The Hall–Kier alpha value is -10.1. The van der Waals surface area contributed by atoms with Crippen molar-refractivity contribution < 1.29 is 70.8 Å². The predicted octanol–water partition coefficient (Wildman–Crippen LogP) is 7.64. The Morgan fingerprint density at radius 1 is 0.479 bits per heavy atom. The van der Waals surface area contributed by atoms with Crippen molar-refractivity contribution in [3.63, 3.8) is 0 Å². The Morgan fingerprint density at radius 3 is 1.05 bits per heavy atom. The molecule has 23 heteroatoms. The maximum atomic E-state index is 11.4. The number of carbonyl (C=O) groups excluding carboxylic acids is 7. The Morgan fingerprint density at radius 2 is 0.766 bits per heavy atom. The summed E-state index contributed by atoms with van der Waals surface area (Å²) in [6, 6.07) is 37.3. The molecule has 10 N–H and O–H groups in total. The fraction of sp³-hybridized carbons (Fsp3) is 0.338. The Balaban J connectivity index is 0.000000569. The number of methoxy groups -OCH3 is 1. The van der Waals surface area contributed by atoms with Gasteiger partial charge in [0.25, 0.3) is 21.9 Å². The molecular weight excluding hydrogens is 1220 g/mol. The molecule has 1 aliphatic heterocycles. The standard InChI is InChI=1S/C14H17NO4S.C14H17NO2.C13H16N2O2.C13H15NO2.C9H9NO4.C8H11NO/c1-3-4-5-14(16)15-13-8-6-12(7-9-13)10-11-19-20(2,17)18;1-3-4-5-14(16)15-13-8-6-12(7-9-13)10-11-17-2;1-2-3-4-13(16)15-12-7-5-11(6-8-12)9-10-17-14;1-2-3-4-13(16)14-12-7-5-11(6-8-12)9-10-15;1-2-3-4-9(13)14-10-7(11)5-6-8(10)12;9-8-3-1-7(2-4-8)5-6-10/h1,6-9H,4-5,10-11H2,2H3,(H,15,16);1,6-9H,4-5,10-11H2,2H3,(H,15,16);1,5-8H,3-4,9-10,14H2,(H,15,16);1,5-8,15H,3-4,9-10H2,(H,14,16);1H,3-6H2;1-4,10H,5-6,9H2. The highest BCUT2D eigenvalue weighted by molar-refractivity contribution is 7.86. The predicted molar refractivity (Wildman–Crippen MR) is 364 cm³/mol. The van der Waals surface area contributed by atoms with Gasteiger partial charge in [0.15, 0.2) is 0 Å². The van der Waals surface area contributed by atoms with Gasteiger partial charge < -0.3 is 51.6 Å². The molecule has 0 bridgehead atoms. The summed E-state index contributed by atoms with van der Waals surface area (Å²) in [6.45, 7) is 1.62. The summed E-state index contributed by atoms with van der Waals surface area (Å²) < 4.78 is 31.3. The molecular formula is C71H85N7O15S. The lowest BCUT2D eigenvalue weighted by Crippen LogP contribution is -2.31. The molecule has 5 aromatic carbocycles. The van der Waals surface area contributed by atoms with E-state index in [2.05, 4.69) is 64.7 Å². The molecule has 22 nitrogen and oxygen atoms in total. The van der Waals surface area contributed by atoms with Crippen molar-refractivity contribution >= 4 is 80.0 Å². The molecule has 1 saturated heterocycles. The minimum Gasteiger partial charge on any atom is -0.399 e. The number of nitrogens with two attached hydrogens (primary N) is 2. The van der Waals surface area contributed by atoms with Gasteiger partial charge in [-0.05, 0) is 121 Å². The number of rotatable bonds is 29. The fourth-order valence-corrected chi connectivity index (χ4v) is 7.67. The van der Waals surface area contributed by atoms with Crippen LogP contribution in [0.4, 0.5) is 28.4 Å². The van der Waals surface area contributed by atoms with Crippen LogP contribution in [0.15, 0.2) is 121 Å². The molecule has 6 rings (SSSR count). The molecule has 0 atom stereocenters. The number of hydrogen-bond donors (Lipinski definition) is 8.